The fourth-order valence-electron chi connectivity index (χ4n) is 3.93. The Labute approximate surface area is 108 Å². The molecule has 0 radical (unpaired) electrons. The first-order valence-corrected chi connectivity index (χ1v) is 6.81. The van der Waals surface area contributed by atoms with E-state index in [1.54, 1.807) is 6.92 Å². The van der Waals surface area contributed by atoms with Crippen LogP contribution in [0.25, 0.3) is 0 Å². The van der Waals surface area contributed by atoms with Crippen LogP contribution in [0.15, 0.2) is 23.3 Å². The minimum Gasteiger partial charge on any atom is -0.451 e. The molecule has 3 rings (SSSR count). The summed E-state index contributed by atoms with van der Waals surface area (Å²) in [5.41, 5.74) is 1.45. The molecule has 0 unspecified atom stereocenters. The summed E-state index contributed by atoms with van der Waals surface area (Å²) in [5, 5.41) is 10.4. The lowest BCUT2D eigenvalue weighted by molar-refractivity contribution is -0.160. The lowest BCUT2D eigenvalue weighted by Crippen LogP contribution is -2.51. The van der Waals surface area contributed by atoms with Gasteiger partial charge in [-0.25, -0.2) is 4.79 Å². The van der Waals surface area contributed by atoms with Crippen molar-refractivity contribution in [2.45, 2.75) is 51.2 Å². The predicted molar refractivity (Wildman–Crippen MR) is 67.8 cm³/mol. The molecule has 4 atom stereocenters. The Balaban J connectivity index is 2.03. The molecule has 0 aromatic rings. The fraction of sp³-hybridized carbons (Fsp3) is 0.667. The molecule has 1 fully saturated rings. The standard InChI is InChI=1S/C15H20O3/c1-9-6-7-15(8-10(2)14(17)18-15)13-11(9)4-3-5-12(13)16/h6,8,11-13,16H,3-5,7H2,1-2H3/t11-,12-,13-,15+/m1/s1. The Morgan fingerprint density at radius 1 is 1.39 bits per heavy atom. The van der Waals surface area contributed by atoms with Gasteiger partial charge in [-0.3, -0.25) is 0 Å². The monoisotopic (exact) mass is 248 g/mol. The van der Waals surface area contributed by atoms with Crippen molar-refractivity contribution in [1.29, 1.82) is 0 Å². The van der Waals surface area contributed by atoms with Crippen LogP contribution in [0.4, 0.5) is 0 Å². The zero-order valence-corrected chi connectivity index (χ0v) is 11.0. The normalized spacial score (nSPS) is 43.3. The topological polar surface area (TPSA) is 46.5 Å². The Hall–Kier alpha value is -1.09. The lowest BCUT2D eigenvalue weighted by Gasteiger charge is -2.48. The number of hydrogen-bond donors (Lipinski definition) is 1. The second-order valence-electron chi connectivity index (χ2n) is 5.95. The average molecular weight is 248 g/mol. The van der Waals surface area contributed by atoms with E-state index in [1.807, 2.05) is 6.08 Å². The van der Waals surface area contributed by atoms with E-state index in [2.05, 4.69) is 13.0 Å². The van der Waals surface area contributed by atoms with Crippen LogP contribution < -0.4 is 0 Å². The van der Waals surface area contributed by atoms with Gasteiger partial charge in [0.1, 0.15) is 5.60 Å². The number of esters is 1. The third-order valence-corrected chi connectivity index (χ3v) is 4.82. The largest absolute Gasteiger partial charge is 0.451 e. The van der Waals surface area contributed by atoms with Crippen LogP contribution >= 0.6 is 0 Å². The summed E-state index contributed by atoms with van der Waals surface area (Å²) < 4.78 is 5.65. The van der Waals surface area contributed by atoms with Crippen LogP contribution in [0.1, 0.15) is 39.5 Å². The maximum absolute atomic E-state index is 11.7. The number of carbonyl (C=O) groups excluding carboxylic acids is 1. The number of ether oxygens (including phenoxy) is 1. The molecule has 1 saturated carbocycles. The van der Waals surface area contributed by atoms with Crippen molar-refractivity contribution >= 4 is 5.97 Å². The van der Waals surface area contributed by atoms with Crippen LogP contribution in [0.5, 0.6) is 0 Å². The minimum absolute atomic E-state index is 0.0395. The first-order chi connectivity index (χ1) is 8.53. The highest BCUT2D eigenvalue weighted by Gasteiger charge is 2.53. The molecule has 3 aliphatic rings. The van der Waals surface area contributed by atoms with Gasteiger partial charge in [0, 0.05) is 17.9 Å². The Morgan fingerprint density at radius 2 is 2.17 bits per heavy atom. The molecule has 1 spiro atoms. The third kappa shape index (κ3) is 1.57. The number of fused-ring (bicyclic) bond motifs is 2. The van der Waals surface area contributed by atoms with Crippen LogP contribution in [-0.2, 0) is 9.53 Å². The summed E-state index contributed by atoms with van der Waals surface area (Å²) in [4.78, 5) is 11.7. The van der Waals surface area contributed by atoms with Gasteiger partial charge in [0.25, 0.3) is 0 Å². The van der Waals surface area contributed by atoms with E-state index in [1.165, 1.54) is 5.57 Å². The summed E-state index contributed by atoms with van der Waals surface area (Å²) >= 11 is 0. The Kier molecular flexibility index (Phi) is 2.63. The molecule has 3 heteroatoms. The van der Waals surface area contributed by atoms with Gasteiger partial charge in [-0.1, -0.05) is 18.1 Å². The highest BCUT2D eigenvalue weighted by Crippen LogP contribution is 2.50. The zero-order valence-electron chi connectivity index (χ0n) is 11.0. The zero-order chi connectivity index (χ0) is 12.9. The second-order valence-corrected chi connectivity index (χ2v) is 5.95. The summed E-state index contributed by atoms with van der Waals surface area (Å²) in [6.07, 6.45) is 7.45. The Bertz CT molecular complexity index is 449. The molecule has 0 aromatic heterocycles. The van der Waals surface area contributed by atoms with E-state index in [0.717, 1.165) is 19.3 Å². The molecular weight excluding hydrogens is 228 g/mol. The lowest BCUT2D eigenvalue weighted by atomic mass is 9.62. The van der Waals surface area contributed by atoms with Crippen molar-refractivity contribution in [2.24, 2.45) is 11.8 Å². The van der Waals surface area contributed by atoms with Crippen molar-refractivity contribution in [2.75, 3.05) is 0 Å². The van der Waals surface area contributed by atoms with Crippen molar-refractivity contribution < 1.29 is 14.6 Å². The van der Waals surface area contributed by atoms with Crippen LogP contribution in [0.3, 0.4) is 0 Å². The molecule has 0 saturated heterocycles. The molecular formula is C15H20O3. The van der Waals surface area contributed by atoms with E-state index in [-0.39, 0.29) is 18.0 Å². The summed E-state index contributed by atoms with van der Waals surface area (Å²) in [6.45, 7) is 3.93. The number of aliphatic hydroxyl groups is 1. The van der Waals surface area contributed by atoms with E-state index in [9.17, 15) is 9.90 Å². The smallest absolute Gasteiger partial charge is 0.334 e. The third-order valence-electron chi connectivity index (χ3n) is 4.82. The summed E-state index contributed by atoms with van der Waals surface area (Å²) in [7, 11) is 0. The van der Waals surface area contributed by atoms with Gasteiger partial charge in [-0.15, -0.1) is 0 Å². The quantitative estimate of drug-likeness (QED) is 0.529. The minimum atomic E-state index is -0.578. The van der Waals surface area contributed by atoms with Gasteiger partial charge < -0.3 is 9.84 Å². The Morgan fingerprint density at radius 3 is 2.83 bits per heavy atom. The van der Waals surface area contributed by atoms with E-state index in [4.69, 9.17) is 4.74 Å². The molecule has 0 amide bonds. The molecule has 98 valence electrons. The fourth-order valence-corrected chi connectivity index (χ4v) is 3.93. The van der Waals surface area contributed by atoms with Crippen molar-refractivity contribution in [3.63, 3.8) is 0 Å². The van der Waals surface area contributed by atoms with Gasteiger partial charge >= 0.3 is 5.97 Å². The first-order valence-electron chi connectivity index (χ1n) is 6.81. The molecule has 18 heavy (non-hydrogen) atoms. The molecule has 1 heterocycles. The number of carbonyl (C=O) groups is 1. The average Bonchev–Trinajstić information content (AvgIpc) is 2.61. The predicted octanol–water partition coefficient (Wildman–Crippen LogP) is 2.36. The molecule has 0 bridgehead atoms. The van der Waals surface area contributed by atoms with Gasteiger partial charge in [-0.2, -0.15) is 0 Å². The van der Waals surface area contributed by atoms with E-state index < -0.39 is 5.60 Å². The second kappa shape index (κ2) is 3.95. The highest BCUT2D eigenvalue weighted by atomic mass is 16.6. The number of hydrogen-bond acceptors (Lipinski definition) is 3. The first kappa shape index (κ1) is 12.0. The molecule has 0 aromatic carbocycles. The SMILES string of the molecule is CC1=C[C@]2(CC=C(C)[C@H]3CCC[C@@H](O)[C@@H]32)OC1=O. The molecule has 3 nitrogen and oxygen atoms in total. The van der Waals surface area contributed by atoms with Crippen molar-refractivity contribution in [1.82, 2.24) is 0 Å². The van der Waals surface area contributed by atoms with E-state index in [0.29, 0.717) is 17.9 Å². The van der Waals surface area contributed by atoms with Crippen molar-refractivity contribution in [3.05, 3.63) is 23.3 Å². The summed E-state index contributed by atoms with van der Waals surface area (Å²) in [5.74, 6) is 0.176. The number of rotatable bonds is 0. The van der Waals surface area contributed by atoms with Gasteiger partial charge in [0.05, 0.1) is 6.10 Å². The molecule has 2 aliphatic carbocycles. The maximum atomic E-state index is 11.7. The summed E-state index contributed by atoms with van der Waals surface area (Å²) in [6, 6.07) is 0. The van der Waals surface area contributed by atoms with Crippen molar-refractivity contribution in [3.8, 4) is 0 Å². The molecule has 1 N–H and O–H groups in total. The highest BCUT2D eigenvalue weighted by molar-refractivity contribution is 5.91. The van der Waals surface area contributed by atoms with Crippen LogP contribution in [0, 0.1) is 11.8 Å². The van der Waals surface area contributed by atoms with Crippen LogP contribution in [0.2, 0.25) is 0 Å². The van der Waals surface area contributed by atoms with Crippen LogP contribution in [-0.4, -0.2) is 22.8 Å². The number of allylic oxidation sites excluding steroid dienone is 1. The number of aliphatic hydroxyl groups excluding tert-OH is 1. The van der Waals surface area contributed by atoms with E-state index >= 15 is 0 Å². The maximum Gasteiger partial charge on any atom is 0.334 e. The van der Waals surface area contributed by atoms with Gasteiger partial charge in [-0.05, 0) is 38.7 Å². The van der Waals surface area contributed by atoms with Gasteiger partial charge in [0.15, 0.2) is 0 Å². The molecule has 1 aliphatic heterocycles. The van der Waals surface area contributed by atoms with Gasteiger partial charge in [0.2, 0.25) is 0 Å².